The summed E-state index contributed by atoms with van der Waals surface area (Å²) in [5.41, 5.74) is -5.63. The number of hydrogen-bond donors (Lipinski definition) is 1. The van der Waals surface area contributed by atoms with Gasteiger partial charge in [0, 0.05) is 26.5 Å². The van der Waals surface area contributed by atoms with Gasteiger partial charge in [-0.2, -0.15) is 0 Å². The van der Waals surface area contributed by atoms with Crippen LogP contribution in [-0.4, -0.2) is 11.3 Å². The molecule has 0 bridgehead atoms. The average molecular weight is 993 g/mol. The van der Waals surface area contributed by atoms with E-state index in [1.54, 1.807) is 45.2 Å². The lowest BCUT2D eigenvalue weighted by molar-refractivity contribution is 0.357. The van der Waals surface area contributed by atoms with Crippen molar-refractivity contribution < 1.29 is 63.4 Å². The van der Waals surface area contributed by atoms with Gasteiger partial charge < -0.3 is 5.11 Å². The zero-order valence-electron chi connectivity index (χ0n) is 23.0. The second-order valence-electron chi connectivity index (χ2n) is 10.4. The number of para-hydroxylation sites is 1. The van der Waals surface area contributed by atoms with Crippen LogP contribution in [0.15, 0.2) is 86.4 Å². The smallest absolute Gasteiger partial charge is 0.310 e. The number of nitrogens with zero attached hydrogens (tertiary/aromatic N) is 1. The Hall–Kier alpha value is -2.19. The molecule has 0 radical (unpaired) electrons. The predicted molar refractivity (Wildman–Crippen MR) is 177 cm³/mol. The van der Waals surface area contributed by atoms with E-state index in [-0.39, 0.29) is 21.3 Å². The van der Waals surface area contributed by atoms with Crippen LogP contribution in [0.1, 0.15) is 11.1 Å². The Labute approximate surface area is 288 Å². The second kappa shape index (κ2) is 9.57. The van der Waals surface area contributed by atoms with E-state index in [9.17, 15) is 63.4 Å². The van der Waals surface area contributed by atoms with Crippen LogP contribution >= 0.6 is 75.9 Å². The van der Waals surface area contributed by atoms with Crippen molar-refractivity contribution in [1.29, 1.82) is 0 Å². The molecule has 0 atom stereocenters. The minimum atomic E-state index is -11.1. The lowest BCUT2D eigenvalue weighted by Crippen LogP contribution is -2.11. The van der Waals surface area contributed by atoms with E-state index >= 15 is 0 Å². The molecule has 1 N–H and O–H groups in total. The standard InChI is InChI=1S/C26H16F15I2NOS3/c1-14-5-15(8-19(6-14)46(27,28,29,30)31)22-3-2-4-23(25(22)44-13-17-7-18(42)11-24(43)26(17)45)16-9-20(47(32,33,34,35)36)12-21(10-16)48(37,38,39,40)41/h2-13,45H,1H3. The number of rotatable bonds is 7. The van der Waals surface area contributed by atoms with Crippen LogP contribution < -0.4 is 0 Å². The van der Waals surface area contributed by atoms with Crippen molar-refractivity contribution in [2.75, 3.05) is 0 Å². The van der Waals surface area contributed by atoms with Crippen molar-refractivity contribution >= 4 is 87.8 Å². The lowest BCUT2D eigenvalue weighted by Gasteiger charge is -2.44. The highest BCUT2D eigenvalue weighted by Gasteiger charge is 2.70. The first-order valence-corrected chi connectivity index (χ1v) is 20.2. The highest BCUT2D eigenvalue weighted by molar-refractivity contribution is 14.1. The molecule has 4 aromatic carbocycles. The van der Waals surface area contributed by atoms with E-state index in [1.807, 2.05) is 0 Å². The fourth-order valence-corrected chi connectivity index (χ4v) is 8.39. The van der Waals surface area contributed by atoms with Gasteiger partial charge in [0.25, 0.3) is 0 Å². The molecule has 0 heterocycles. The number of phenols is 1. The normalized spacial score (nSPS) is 17.5. The number of halogens is 17. The predicted octanol–water partition coefficient (Wildman–Crippen LogP) is 16.0. The van der Waals surface area contributed by atoms with Gasteiger partial charge >= 0.3 is 30.7 Å². The van der Waals surface area contributed by atoms with Gasteiger partial charge in [0.1, 0.15) is 20.4 Å². The topological polar surface area (TPSA) is 32.6 Å². The van der Waals surface area contributed by atoms with Crippen LogP contribution in [0.25, 0.3) is 22.3 Å². The number of aliphatic imine (C=N–C) groups is 1. The molecule has 4 aromatic rings. The molecule has 268 valence electrons. The first-order valence-electron chi connectivity index (χ1n) is 12.2. The van der Waals surface area contributed by atoms with Crippen LogP contribution in [0.4, 0.5) is 64.0 Å². The van der Waals surface area contributed by atoms with E-state index in [4.69, 9.17) is 0 Å². The summed E-state index contributed by atoms with van der Waals surface area (Å²) in [5.74, 6) is -0.483. The summed E-state index contributed by atoms with van der Waals surface area (Å²) in [4.78, 5) is -5.28. The zero-order valence-corrected chi connectivity index (χ0v) is 29.7. The third-order valence-electron chi connectivity index (χ3n) is 6.32. The fraction of sp³-hybridized carbons (Fsp3) is 0.0385. The van der Waals surface area contributed by atoms with Crippen molar-refractivity contribution in [2.24, 2.45) is 4.99 Å². The third kappa shape index (κ3) is 8.93. The number of aryl methyl sites for hydroxylation is 1. The maximum atomic E-state index is 13.8. The molecular formula is C26H16F15I2NOS3. The molecule has 22 heteroatoms. The summed E-state index contributed by atoms with van der Waals surface area (Å²) >= 11 is 3.44. The molecule has 0 saturated carbocycles. The molecule has 0 amide bonds. The Morgan fingerprint density at radius 3 is 1.44 bits per heavy atom. The second-order valence-corrected chi connectivity index (χ2v) is 20.1. The molecule has 4 rings (SSSR count). The minimum absolute atomic E-state index is 0.0722. The van der Waals surface area contributed by atoms with E-state index in [0.29, 0.717) is 9.64 Å². The molecule has 0 fully saturated rings. The van der Waals surface area contributed by atoms with Gasteiger partial charge in [-0.1, -0.05) is 82.6 Å². The molecule has 0 spiro atoms. The average Bonchev–Trinajstić information content (AvgIpc) is 2.85. The van der Waals surface area contributed by atoms with Crippen molar-refractivity contribution in [3.05, 3.63) is 85.0 Å². The van der Waals surface area contributed by atoms with Crippen LogP contribution in [0.5, 0.6) is 5.75 Å². The highest BCUT2D eigenvalue weighted by atomic mass is 127. The van der Waals surface area contributed by atoms with E-state index in [2.05, 4.69) is 4.99 Å². The highest BCUT2D eigenvalue weighted by Crippen LogP contribution is 3.05. The molecule has 0 aromatic heterocycles. The monoisotopic (exact) mass is 993 g/mol. The van der Waals surface area contributed by atoms with E-state index in [1.165, 1.54) is 12.1 Å². The van der Waals surface area contributed by atoms with Crippen molar-refractivity contribution in [2.45, 2.75) is 21.6 Å². The Bertz CT molecular complexity index is 2020. The summed E-state index contributed by atoms with van der Waals surface area (Å²) in [5, 5.41) is 10.4. The van der Waals surface area contributed by atoms with Crippen LogP contribution in [0, 0.1) is 14.1 Å². The largest absolute Gasteiger partial charge is 0.506 e. The van der Waals surface area contributed by atoms with Crippen molar-refractivity contribution in [3.63, 3.8) is 0 Å². The number of phenolic OH excluding ortho intramolecular Hbond substituents is 1. The minimum Gasteiger partial charge on any atom is -0.506 e. The molecule has 0 aliphatic carbocycles. The Morgan fingerprint density at radius 2 is 1.00 bits per heavy atom. The molecule has 0 unspecified atom stereocenters. The summed E-state index contributed by atoms with van der Waals surface area (Å²) in [6, 6.07) is 3.24. The fourth-order valence-electron chi connectivity index (χ4n) is 4.27. The third-order valence-corrected chi connectivity index (χ3v) is 11.1. The van der Waals surface area contributed by atoms with Crippen LogP contribution in [0.3, 0.4) is 0 Å². The van der Waals surface area contributed by atoms with Gasteiger partial charge in [-0.15, -0.1) is 0 Å². The van der Waals surface area contributed by atoms with Crippen molar-refractivity contribution in [3.8, 4) is 28.0 Å². The van der Waals surface area contributed by atoms with Crippen LogP contribution in [-0.2, 0) is 0 Å². The molecule has 0 aliphatic heterocycles. The first-order chi connectivity index (χ1) is 20.8. The van der Waals surface area contributed by atoms with E-state index < -0.39 is 103 Å². The molecular weight excluding hydrogens is 977 g/mol. The summed E-state index contributed by atoms with van der Waals surface area (Å²) in [6.45, 7) is 0.953. The maximum absolute atomic E-state index is 13.8. The van der Waals surface area contributed by atoms with Gasteiger partial charge in [-0.3, -0.25) is 4.99 Å². The number of benzene rings is 4. The van der Waals surface area contributed by atoms with Gasteiger partial charge in [-0.05, 0) is 111 Å². The molecule has 0 saturated heterocycles. The van der Waals surface area contributed by atoms with Crippen LogP contribution in [0.2, 0.25) is 0 Å². The Balaban J connectivity index is 2.20. The van der Waals surface area contributed by atoms with Crippen molar-refractivity contribution in [1.82, 2.24) is 0 Å². The number of aromatic hydroxyl groups is 1. The van der Waals surface area contributed by atoms with E-state index in [0.717, 1.165) is 31.3 Å². The number of hydrogen-bond acceptors (Lipinski definition) is 2. The Kier molecular flexibility index (Phi) is 7.70. The van der Waals surface area contributed by atoms with Gasteiger partial charge in [-0.25, -0.2) is 0 Å². The molecule has 2 nitrogen and oxygen atoms in total. The van der Waals surface area contributed by atoms with Gasteiger partial charge in [0.05, 0.1) is 9.26 Å². The molecule has 48 heavy (non-hydrogen) atoms. The quantitative estimate of drug-likeness (QED) is 0.112. The van der Waals surface area contributed by atoms with Gasteiger partial charge in [0.2, 0.25) is 0 Å². The maximum Gasteiger partial charge on any atom is 0.310 e. The SMILES string of the molecule is Cc1cc(-c2cccc(-c3cc(S(F)(F)(F)(F)F)cc(S(F)(F)(F)(F)F)c3)c2N=Cc2cc(I)cc(I)c2O)cc(S(F)(F)(F)(F)F)c1. The molecule has 0 aliphatic rings. The van der Waals surface area contributed by atoms with Gasteiger partial charge in [0.15, 0.2) is 0 Å². The zero-order chi connectivity index (χ0) is 36.9. The summed E-state index contributed by atoms with van der Waals surface area (Å²) in [7, 11) is -32.7. The lowest BCUT2D eigenvalue weighted by atomic mass is 9.95. The Morgan fingerprint density at radius 1 is 0.583 bits per heavy atom. The summed E-state index contributed by atoms with van der Waals surface area (Å²) in [6.07, 6.45) is 0.739. The summed E-state index contributed by atoms with van der Waals surface area (Å²) < 4.78 is 208. The first kappa shape index (κ1) is 38.6.